The Bertz CT molecular complexity index is 904. The van der Waals surface area contributed by atoms with E-state index in [4.69, 9.17) is 0 Å². The smallest absolute Gasteiger partial charge is 0.232 e. The Kier molecular flexibility index (Phi) is 4.88. The summed E-state index contributed by atoms with van der Waals surface area (Å²) in [5, 5.41) is 9.47. The van der Waals surface area contributed by atoms with Crippen LogP contribution in [-0.2, 0) is 17.6 Å². The second-order valence-electron chi connectivity index (χ2n) is 6.07. The lowest BCUT2D eigenvalue weighted by atomic mass is 10.1. The second kappa shape index (κ2) is 7.25. The third kappa shape index (κ3) is 4.50. The fourth-order valence-corrected chi connectivity index (χ4v) is 2.58. The van der Waals surface area contributed by atoms with Crippen LogP contribution in [0, 0.1) is 19.7 Å². The molecule has 3 rings (SSSR count). The molecule has 0 unspecified atom stereocenters. The molecule has 0 radical (unpaired) electrons. The Morgan fingerprint density at radius 1 is 1.16 bits per heavy atom. The lowest BCUT2D eigenvalue weighted by molar-refractivity contribution is -0.115. The van der Waals surface area contributed by atoms with Crippen molar-refractivity contribution in [3.63, 3.8) is 0 Å². The first-order chi connectivity index (χ1) is 12.0. The lowest BCUT2D eigenvalue weighted by Gasteiger charge is -2.06. The van der Waals surface area contributed by atoms with Crippen LogP contribution in [0.1, 0.15) is 28.3 Å². The molecular weight excluding hydrogens is 319 g/mol. The van der Waals surface area contributed by atoms with Crippen LogP contribution in [-0.4, -0.2) is 21.1 Å². The summed E-state index contributed by atoms with van der Waals surface area (Å²) in [5.74, 6) is 0.253. The van der Waals surface area contributed by atoms with Crippen LogP contribution in [0.15, 0.2) is 42.5 Å². The Labute approximate surface area is 145 Å². The number of carbonyl (C=O) groups is 1. The Morgan fingerprint density at radius 3 is 2.76 bits per heavy atom. The van der Waals surface area contributed by atoms with Crippen LogP contribution in [0.5, 0.6) is 0 Å². The van der Waals surface area contributed by atoms with E-state index >= 15 is 0 Å². The average molecular weight is 338 g/mol. The molecule has 0 fully saturated rings. The van der Waals surface area contributed by atoms with Crippen molar-refractivity contribution in [1.82, 2.24) is 15.2 Å². The van der Waals surface area contributed by atoms with Gasteiger partial charge in [0.25, 0.3) is 0 Å². The van der Waals surface area contributed by atoms with E-state index in [1.165, 1.54) is 11.6 Å². The molecule has 0 atom stereocenters. The van der Waals surface area contributed by atoms with Crippen molar-refractivity contribution < 1.29 is 9.18 Å². The number of aryl methyl sites for hydroxylation is 2. The van der Waals surface area contributed by atoms with Gasteiger partial charge in [-0.1, -0.05) is 35.9 Å². The molecule has 1 amide bonds. The van der Waals surface area contributed by atoms with E-state index in [2.05, 4.69) is 26.6 Å². The lowest BCUT2D eigenvalue weighted by Crippen LogP contribution is -2.16. The van der Waals surface area contributed by atoms with E-state index in [0.717, 1.165) is 11.1 Å². The van der Waals surface area contributed by atoms with Gasteiger partial charge in [-0.3, -0.25) is 9.89 Å². The molecule has 3 aromatic rings. The zero-order chi connectivity index (χ0) is 17.8. The number of amides is 1. The Morgan fingerprint density at radius 2 is 1.96 bits per heavy atom. The molecule has 128 valence electrons. The first-order valence-electron chi connectivity index (χ1n) is 8.01. The van der Waals surface area contributed by atoms with Gasteiger partial charge in [-0.2, -0.15) is 5.10 Å². The highest BCUT2D eigenvalue weighted by Gasteiger charge is 2.12. The van der Waals surface area contributed by atoms with Crippen molar-refractivity contribution in [3.05, 3.63) is 76.6 Å². The highest BCUT2D eigenvalue weighted by molar-refractivity contribution is 5.92. The number of nitrogens with zero attached hydrogens (tertiary/aromatic N) is 2. The van der Waals surface area contributed by atoms with Crippen molar-refractivity contribution in [1.29, 1.82) is 0 Å². The summed E-state index contributed by atoms with van der Waals surface area (Å²) in [6, 6.07) is 12.7. The number of nitrogens with one attached hydrogen (secondary N) is 2. The van der Waals surface area contributed by atoms with Gasteiger partial charge in [0.15, 0.2) is 5.82 Å². The van der Waals surface area contributed by atoms with Crippen LogP contribution in [0.2, 0.25) is 0 Å². The molecule has 25 heavy (non-hydrogen) atoms. The molecule has 5 nitrogen and oxygen atoms in total. The Balaban J connectivity index is 1.62. The van der Waals surface area contributed by atoms with E-state index in [9.17, 15) is 9.18 Å². The summed E-state index contributed by atoms with van der Waals surface area (Å²) in [7, 11) is 0. The van der Waals surface area contributed by atoms with Crippen molar-refractivity contribution in [3.8, 4) is 0 Å². The number of hydrogen-bond donors (Lipinski definition) is 2. The number of aromatic nitrogens is 3. The molecule has 0 aliphatic carbocycles. The van der Waals surface area contributed by atoms with Crippen molar-refractivity contribution in [2.75, 3.05) is 5.32 Å². The maximum absolute atomic E-state index is 13.7. The molecule has 6 heteroatoms. The number of benzene rings is 2. The molecule has 0 saturated carbocycles. The van der Waals surface area contributed by atoms with Gasteiger partial charge in [0.2, 0.25) is 5.91 Å². The number of carbonyl (C=O) groups excluding carboxylic acids is 1. The fraction of sp³-hybridized carbons (Fsp3) is 0.211. The number of anilines is 1. The minimum absolute atomic E-state index is 0.0162. The van der Waals surface area contributed by atoms with Gasteiger partial charge in [0.05, 0.1) is 12.1 Å². The summed E-state index contributed by atoms with van der Waals surface area (Å²) < 4.78 is 13.7. The standard InChI is InChI=1S/C19H19FN4O/c1-12-4-3-5-14(8-12)10-17-22-18(24-23-17)11-19(25)21-16-9-13(2)6-7-15(16)20/h3-9H,10-11H2,1-2H3,(H,21,25)(H,22,23,24). The first kappa shape index (κ1) is 16.8. The highest BCUT2D eigenvalue weighted by atomic mass is 19.1. The molecule has 1 aromatic heterocycles. The van der Waals surface area contributed by atoms with E-state index in [-0.39, 0.29) is 18.0 Å². The normalized spacial score (nSPS) is 10.7. The van der Waals surface area contributed by atoms with Gasteiger partial charge in [0, 0.05) is 6.42 Å². The van der Waals surface area contributed by atoms with Crippen LogP contribution < -0.4 is 5.32 Å². The molecule has 2 aromatic carbocycles. The minimum atomic E-state index is -0.464. The maximum Gasteiger partial charge on any atom is 0.232 e. The maximum atomic E-state index is 13.7. The summed E-state index contributed by atoms with van der Waals surface area (Å²) in [6.45, 7) is 3.87. The summed E-state index contributed by atoms with van der Waals surface area (Å²) in [5.41, 5.74) is 3.33. The summed E-state index contributed by atoms with van der Waals surface area (Å²) >= 11 is 0. The number of H-pyrrole nitrogens is 1. The van der Waals surface area contributed by atoms with E-state index in [1.54, 1.807) is 12.1 Å². The summed E-state index contributed by atoms with van der Waals surface area (Å²) in [4.78, 5) is 16.4. The van der Waals surface area contributed by atoms with Crippen molar-refractivity contribution in [2.45, 2.75) is 26.7 Å². The highest BCUT2D eigenvalue weighted by Crippen LogP contribution is 2.16. The number of halogens is 1. The number of hydrogen-bond acceptors (Lipinski definition) is 3. The number of rotatable bonds is 5. The molecular formula is C19H19FN4O. The van der Waals surface area contributed by atoms with Crippen molar-refractivity contribution >= 4 is 11.6 Å². The zero-order valence-electron chi connectivity index (χ0n) is 14.1. The van der Waals surface area contributed by atoms with Crippen LogP contribution in [0.3, 0.4) is 0 Å². The van der Waals surface area contributed by atoms with Gasteiger partial charge in [0.1, 0.15) is 11.6 Å². The zero-order valence-corrected chi connectivity index (χ0v) is 14.1. The average Bonchev–Trinajstić information content (AvgIpc) is 2.97. The van der Waals surface area contributed by atoms with Crippen molar-refractivity contribution in [2.24, 2.45) is 0 Å². The molecule has 1 heterocycles. The van der Waals surface area contributed by atoms with E-state index in [0.29, 0.717) is 18.1 Å². The second-order valence-corrected chi connectivity index (χ2v) is 6.07. The third-order valence-electron chi connectivity index (χ3n) is 3.75. The van der Waals surface area contributed by atoms with E-state index in [1.807, 2.05) is 32.0 Å². The monoisotopic (exact) mass is 338 g/mol. The summed E-state index contributed by atoms with van der Waals surface area (Å²) in [6.07, 6.45) is 0.598. The molecule has 0 bridgehead atoms. The molecule has 0 spiro atoms. The quantitative estimate of drug-likeness (QED) is 0.749. The number of aromatic amines is 1. The topological polar surface area (TPSA) is 70.7 Å². The molecule has 2 N–H and O–H groups in total. The van der Waals surface area contributed by atoms with Crippen LogP contribution in [0.25, 0.3) is 0 Å². The molecule has 0 aliphatic rings. The molecule has 0 aliphatic heterocycles. The van der Waals surface area contributed by atoms with Gasteiger partial charge in [-0.25, -0.2) is 9.37 Å². The predicted molar refractivity (Wildman–Crippen MR) is 93.8 cm³/mol. The minimum Gasteiger partial charge on any atom is -0.323 e. The van der Waals surface area contributed by atoms with Gasteiger partial charge in [-0.15, -0.1) is 0 Å². The van der Waals surface area contributed by atoms with Crippen LogP contribution in [0.4, 0.5) is 10.1 Å². The van der Waals surface area contributed by atoms with E-state index < -0.39 is 5.82 Å². The third-order valence-corrected chi connectivity index (χ3v) is 3.75. The van der Waals surface area contributed by atoms with Gasteiger partial charge in [-0.05, 0) is 37.1 Å². The first-order valence-corrected chi connectivity index (χ1v) is 8.01. The largest absolute Gasteiger partial charge is 0.323 e. The Hall–Kier alpha value is -3.02. The SMILES string of the molecule is Cc1cccc(Cc2nc(CC(=O)Nc3cc(C)ccc3F)n[nH]2)c1. The van der Waals surface area contributed by atoms with Crippen LogP contribution >= 0.6 is 0 Å². The predicted octanol–water partition coefficient (Wildman–Crippen LogP) is 3.33. The van der Waals surface area contributed by atoms with Gasteiger partial charge >= 0.3 is 0 Å². The fourth-order valence-electron chi connectivity index (χ4n) is 2.58. The molecule has 0 saturated heterocycles. The van der Waals surface area contributed by atoms with Gasteiger partial charge < -0.3 is 5.32 Å².